The molecule has 0 amide bonds. The molecule has 2 heterocycles. The molecule has 0 aliphatic heterocycles. The standard InChI is InChI=1S/C17H21N5O/c1-11(2)14(10-23)20-16-6-7-17-19-9-15(22(17)21-16)12-4-3-5-13(18)8-12/h3-9,11,14,23H,10,18H2,1-2H3,(H,20,21)/t14-/m1/s1. The summed E-state index contributed by atoms with van der Waals surface area (Å²) in [6.45, 7) is 4.17. The molecule has 1 aromatic carbocycles. The van der Waals surface area contributed by atoms with Crippen LogP contribution in [0, 0.1) is 5.92 Å². The molecule has 0 fully saturated rings. The monoisotopic (exact) mass is 311 g/mol. The number of nitrogen functional groups attached to an aromatic ring is 1. The van der Waals surface area contributed by atoms with Crippen LogP contribution >= 0.6 is 0 Å². The average molecular weight is 311 g/mol. The number of hydrogen-bond donors (Lipinski definition) is 3. The minimum absolute atomic E-state index is 0.0423. The lowest BCUT2D eigenvalue weighted by Crippen LogP contribution is -2.30. The van der Waals surface area contributed by atoms with Gasteiger partial charge in [0.1, 0.15) is 5.82 Å². The summed E-state index contributed by atoms with van der Waals surface area (Å²) in [6, 6.07) is 11.4. The van der Waals surface area contributed by atoms with Gasteiger partial charge < -0.3 is 16.2 Å². The molecule has 0 aliphatic rings. The average Bonchev–Trinajstić information content (AvgIpc) is 2.95. The van der Waals surface area contributed by atoms with E-state index in [1.807, 2.05) is 36.4 Å². The first kappa shape index (κ1) is 15.3. The summed E-state index contributed by atoms with van der Waals surface area (Å²) in [5, 5.41) is 17.3. The number of aliphatic hydroxyl groups is 1. The number of anilines is 2. The summed E-state index contributed by atoms with van der Waals surface area (Å²) in [4.78, 5) is 4.38. The molecular formula is C17H21N5O. The highest BCUT2D eigenvalue weighted by Crippen LogP contribution is 2.23. The Kier molecular flexibility index (Phi) is 4.16. The third-order valence-electron chi connectivity index (χ3n) is 3.88. The van der Waals surface area contributed by atoms with Crippen molar-refractivity contribution in [3.63, 3.8) is 0 Å². The summed E-state index contributed by atoms with van der Waals surface area (Å²) in [5.74, 6) is 1.00. The molecule has 3 rings (SSSR count). The fraction of sp³-hybridized carbons (Fsp3) is 0.294. The highest BCUT2D eigenvalue weighted by Gasteiger charge is 2.14. The Morgan fingerprint density at radius 3 is 2.78 bits per heavy atom. The smallest absolute Gasteiger partial charge is 0.154 e. The van der Waals surface area contributed by atoms with E-state index in [4.69, 9.17) is 5.73 Å². The van der Waals surface area contributed by atoms with Crippen LogP contribution in [0.5, 0.6) is 0 Å². The Morgan fingerprint density at radius 2 is 2.09 bits per heavy atom. The molecule has 0 unspecified atom stereocenters. The number of imidazole rings is 1. The van der Waals surface area contributed by atoms with E-state index in [2.05, 4.69) is 29.2 Å². The predicted molar refractivity (Wildman–Crippen MR) is 92.2 cm³/mol. The zero-order valence-corrected chi connectivity index (χ0v) is 13.3. The fourth-order valence-corrected chi connectivity index (χ4v) is 2.46. The maximum absolute atomic E-state index is 9.47. The number of aromatic nitrogens is 3. The largest absolute Gasteiger partial charge is 0.399 e. The molecule has 0 spiro atoms. The van der Waals surface area contributed by atoms with Gasteiger partial charge in [0.15, 0.2) is 5.65 Å². The van der Waals surface area contributed by atoms with E-state index >= 15 is 0 Å². The number of rotatable bonds is 5. The summed E-state index contributed by atoms with van der Waals surface area (Å²) in [7, 11) is 0. The molecule has 23 heavy (non-hydrogen) atoms. The van der Waals surface area contributed by atoms with Crippen molar-refractivity contribution in [2.45, 2.75) is 19.9 Å². The molecule has 1 atom stereocenters. The zero-order chi connectivity index (χ0) is 16.4. The van der Waals surface area contributed by atoms with Crippen LogP contribution in [0.3, 0.4) is 0 Å². The highest BCUT2D eigenvalue weighted by molar-refractivity contribution is 5.67. The van der Waals surface area contributed by atoms with E-state index in [0.717, 1.165) is 16.9 Å². The van der Waals surface area contributed by atoms with Gasteiger partial charge in [0.05, 0.1) is 24.5 Å². The second-order valence-corrected chi connectivity index (χ2v) is 5.93. The molecule has 2 aromatic heterocycles. The number of aliphatic hydroxyl groups excluding tert-OH is 1. The van der Waals surface area contributed by atoms with Gasteiger partial charge in [-0.3, -0.25) is 0 Å². The second-order valence-electron chi connectivity index (χ2n) is 5.93. The van der Waals surface area contributed by atoms with Crippen LogP contribution in [0.25, 0.3) is 16.9 Å². The van der Waals surface area contributed by atoms with Crippen molar-refractivity contribution >= 4 is 17.2 Å². The molecule has 6 nitrogen and oxygen atoms in total. The molecule has 120 valence electrons. The predicted octanol–water partition coefficient (Wildman–Crippen LogP) is 2.41. The zero-order valence-electron chi connectivity index (χ0n) is 13.3. The molecule has 0 saturated carbocycles. The number of nitrogens with two attached hydrogens (primary N) is 1. The SMILES string of the molecule is CC(C)[C@@H](CO)Nc1ccc2ncc(-c3cccc(N)c3)n2n1. The highest BCUT2D eigenvalue weighted by atomic mass is 16.3. The lowest BCUT2D eigenvalue weighted by atomic mass is 10.1. The van der Waals surface area contributed by atoms with Gasteiger partial charge in [-0.05, 0) is 30.2 Å². The quantitative estimate of drug-likeness (QED) is 0.630. The maximum atomic E-state index is 9.47. The normalized spacial score (nSPS) is 12.7. The van der Waals surface area contributed by atoms with Crippen LogP contribution < -0.4 is 11.1 Å². The Hall–Kier alpha value is -2.60. The van der Waals surface area contributed by atoms with E-state index in [0.29, 0.717) is 17.4 Å². The molecule has 0 saturated heterocycles. The second kappa shape index (κ2) is 6.26. The maximum Gasteiger partial charge on any atom is 0.154 e. The van der Waals surface area contributed by atoms with E-state index in [9.17, 15) is 5.11 Å². The molecule has 0 aliphatic carbocycles. The Balaban J connectivity index is 2.00. The molecular weight excluding hydrogens is 290 g/mol. The van der Waals surface area contributed by atoms with E-state index in [1.165, 1.54) is 0 Å². The van der Waals surface area contributed by atoms with Crippen molar-refractivity contribution in [2.24, 2.45) is 5.92 Å². The Morgan fingerprint density at radius 1 is 1.26 bits per heavy atom. The molecule has 6 heteroatoms. The number of nitrogens with one attached hydrogen (secondary N) is 1. The van der Waals surface area contributed by atoms with E-state index < -0.39 is 0 Å². The van der Waals surface area contributed by atoms with Gasteiger partial charge in [-0.25, -0.2) is 9.50 Å². The van der Waals surface area contributed by atoms with Gasteiger partial charge >= 0.3 is 0 Å². The molecule has 3 aromatic rings. The molecule has 0 bridgehead atoms. The Labute approximate surface area is 135 Å². The van der Waals surface area contributed by atoms with Crippen molar-refractivity contribution in [3.05, 3.63) is 42.6 Å². The first-order chi connectivity index (χ1) is 11.1. The van der Waals surface area contributed by atoms with Gasteiger partial charge in [0, 0.05) is 11.3 Å². The summed E-state index contributed by atoms with van der Waals surface area (Å²) in [6.07, 6.45) is 1.78. The first-order valence-corrected chi connectivity index (χ1v) is 7.66. The minimum atomic E-state index is -0.0423. The van der Waals surface area contributed by atoms with Crippen molar-refractivity contribution in [1.82, 2.24) is 14.6 Å². The van der Waals surface area contributed by atoms with E-state index in [-0.39, 0.29) is 12.6 Å². The first-order valence-electron chi connectivity index (χ1n) is 7.66. The topological polar surface area (TPSA) is 88.5 Å². The van der Waals surface area contributed by atoms with Gasteiger partial charge in [-0.15, -0.1) is 5.10 Å². The fourth-order valence-electron chi connectivity index (χ4n) is 2.46. The lowest BCUT2D eigenvalue weighted by molar-refractivity contribution is 0.249. The van der Waals surface area contributed by atoms with Gasteiger partial charge in [0.2, 0.25) is 0 Å². The Bertz CT molecular complexity index is 812. The van der Waals surface area contributed by atoms with Crippen molar-refractivity contribution < 1.29 is 5.11 Å². The van der Waals surface area contributed by atoms with Crippen LogP contribution in [0.15, 0.2) is 42.6 Å². The van der Waals surface area contributed by atoms with Gasteiger partial charge in [-0.1, -0.05) is 26.0 Å². The number of fused-ring (bicyclic) bond motifs is 1. The van der Waals surface area contributed by atoms with Crippen LogP contribution in [0.1, 0.15) is 13.8 Å². The number of benzene rings is 1. The molecule has 0 radical (unpaired) electrons. The summed E-state index contributed by atoms with van der Waals surface area (Å²) >= 11 is 0. The third-order valence-corrected chi connectivity index (χ3v) is 3.88. The van der Waals surface area contributed by atoms with Gasteiger partial charge in [-0.2, -0.15) is 0 Å². The summed E-state index contributed by atoms with van der Waals surface area (Å²) < 4.78 is 1.78. The lowest BCUT2D eigenvalue weighted by Gasteiger charge is -2.20. The number of nitrogens with zero attached hydrogens (tertiary/aromatic N) is 3. The van der Waals surface area contributed by atoms with Crippen molar-refractivity contribution in [1.29, 1.82) is 0 Å². The van der Waals surface area contributed by atoms with Crippen LogP contribution in [-0.4, -0.2) is 32.4 Å². The van der Waals surface area contributed by atoms with E-state index in [1.54, 1.807) is 10.7 Å². The van der Waals surface area contributed by atoms with Crippen molar-refractivity contribution in [3.8, 4) is 11.3 Å². The third kappa shape index (κ3) is 3.12. The number of hydrogen-bond acceptors (Lipinski definition) is 5. The molecule has 4 N–H and O–H groups in total. The van der Waals surface area contributed by atoms with Crippen LogP contribution in [0.2, 0.25) is 0 Å². The van der Waals surface area contributed by atoms with Crippen LogP contribution in [0.4, 0.5) is 11.5 Å². The minimum Gasteiger partial charge on any atom is -0.399 e. The van der Waals surface area contributed by atoms with Gasteiger partial charge in [0.25, 0.3) is 0 Å². The van der Waals surface area contributed by atoms with Crippen LogP contribution in [-0.2, 0) is 0 Å². The van der Waals surface area contributed by atoms with Crippen molar-refractivity contribution in [2.75, 3.05) is 17.7 Å². The summed E-state index contributed by atoms with van der Waals surface area (Å²) in [5.41, 5.74) is 9.17.